The molecule has 206 valence electrons. The normalized spacial score (nSPS) is 21.2. The number of nitriles is 2. The van der Waals surface area contributed by atoms with E-state index < -0.39 is 0 Å². The number of fused-ring (bicyclic) bond motifs is 2. The Labute approximate surface area is 234 Å². The number of aromatic nitrogens is 1. The summed E-state index contributed by atoms with van der Waals surface area (Å²) in [6, 6.07) is 16.1. The van der Waals surface area contributed by atoms with Crippen LogP contribution >= 0.6 is 0 Å². The molecule has 1 aromatic heterocycles. The molecule has 0 amide bonds. The molecule has 2 aromatic carbocycles. The molecule has 0 spiro atoms. The van der Waals surface area contributed by atoms with E-state index in [4.69, 9.17) is 9.72 Å². The third kappa shape index (κ3) is 4.92. The van der Waals surface area contributed by atoms with Crippen LogP contribution in [0.25, 0.3) is 10.8 Å². The van der Waals surface area contributed by atoms with Crippen molar-refractivity contribution >= 4 is 22.3 Å². The minimum atomic E-state index is -0.246. The highest BCUT2D eigenvalue weighted by molar-refractivity contribution is 5.95. The van der Waals surface area contributed by atoms with Crippen LogP contribution in [0.5, 0.6) is 5.88 Å². The van der Waals surface area contributed by atoms with Gasteiger partial charge in [0.2, 0.25) is 5.88 Å². The second-order valence-corrected chi connectivity index (χ2v) is 11.0. The van der Waals surface area contributed by atoms with E-state index in [2.05, 4.69) is 39.2 Å². The highest BCUT2D eigenvalue weighted by Crippen LogP contribution is 2.39. The van der Waals surface area contributed by atoms with Crippen molar-refractivity contribution in [2.45, 2.75) is 44.3 Å². The number of halogens is 1. The Bertz CT molecular complexity index is 1490. The molecule has 0 bridgehead atoms. The van der Waals surface area contributed by atoms with Crippen molar-refractivity contribution in [2.24, 2.45) is 0 Å². The lowest BCUT2D eigenvalue weighted by Gasteiger charge is -2.38. The van der Waals surface area contributed by atoms with Crippen molar-refractivity contribution in [1.29, 1.82) is 10.5 Å². The molecular formula is C31H34FN7O. The zero-order chi connectivity index (χ0) is 27.6. The predicted molar refractivity (Wildman–Crippen MR) is 153 cm³/mol. The number of benzene rings is 2. The van der Waals surface area contributed by atoms with Crippen molar-refractivity contribution in [2.75, 3.05) is 56.2 Å². The Hall–Kier alpha value is -3.92. The molecule has 40 heavy (non-hydrogen) atoms. The van der Waals surface area contributed by atoms with E-state index in [0.717, 1.165) is 60.5 Å². The second kappa shape index (κ2) is 11.3. The van der Waals surface area contributed by atoms with Crippen molar-refractivity contribution < 1.29 is 9.13 Å². The van der Waals surface area contributed by atoms with Gasteiger partial charge in [0.25, 0.3) is 0 Å². The number of ether oxygens (including phenoxy) is 1. The standard InChI is InChI=1S/C31H34FN7O/c1-37-14-4-7-23(37)20-40-31-25(17-34)26-19-38(28-9-3-6-21-5-2-8-27(32)29(21)28)15-11-24(26)30(36-31)39-16-13-35-22(18-39)10-12-33/h2-3,5-6,8-9,22-23,35H,4,7,10-11,13-16,18-20H2,1H3/t22-,23+/m1/s1. The quantitative estimate of drug-likeness (QED) is 0.503. The van der Waals surface area contributed by atoms with Gasteiger partial charge in [0.1, 0.15) is 29.9 Å². The molecule has 2 atom stereocenters. The Kier molecular flexibility index (Phi) is 7.42. The van der Waals surface area contributed by atoms with Crippen LogP contribution in [0.2, 0.25) is 0 Å². The lowest BCUT2D eigenvalue weighted by molar-refractivity contribution is 0.192. The maximum absolute atomic E-state index is 15.0. The number of likely N-dealkylation sites (tertiary alicyclic amines) is 1. The average molecular weight is 540 g/mol. The maximum Gasteiger partial charge on any atom is 0.234 e. The Morgan fingerprint density at radius 3 is 2.73 bits per heavy atom. The molecule has 0 saturated carbocycles. The van der Waals surface area contributed by atoms with E-state index in [9.17, 15) is 10.5 Å². The summed E-state index contributed by atoms with van der Waals surface area (Å²) in [6.45, 7) is 4.85. The Morgan fingerprint density at radius 2 is 1.95 bits per heavy atom. The van der Waals surface area contributed by atoms with Crippen LogP contribution in [0.15, 0.2) is 36.4 Å². The number of rotatable bonds is 6. The van der Waals surface area contributed by atoms with Crippen molar-refractivity contribution in [3.8, 4) is 18.0 Å². The molecule has 3 aliphatic heterocycles. The molecule has 1 N–H and O–H groups in total. The molecule has 2 saturated heterocycles. The molecular weight excluding hydrogens is 505 g/mol. The number of likely N-dealkylation sites (N-methyl/N-ethyl adjacent to an activating group) is 1. The van der Waals surface area contributed by atoms with Gasteiger partial charge in [0.15, 0.2) is 0 Å². The largest absolute Gasteiger partial charge is 0.475 e. The van der Waals surface area contributed by atoms with Gasteiger partial charge in [-0.2, -0.15) is 15.5 Å². The SMILES string of the molecule is CN1CCC[C@H]1COc1nc(N2CCN[C@H](CC#N)C2)c2c(c1C#N)CN(c1cccc3cccc(F)c13)CC2. The summed E-state index contributed by atoms with van der Waals surface area (Å²) in [5.74, 6) is 0.971. The van der Waals surface area contributed by atoms with Gasteiger partial charge in [0, 0.05) is 67.0 Å². The molecule has 8 nitrogen and oxygen atoms in total. The average Bonchev–Trinajstić information content (AvgIpc) is 3.39. The fourth-order valence-corrected chi connectivity index (χ4v) is 6.44. The monoisotopic (exact) mass is 539 g/mol. The first kappa shape index (κ1) is 26.3. The zero-order valence-electron chi connectivity index (χ0n) is 22.9. The summed E-state index contributed by atoms with van der Waals surface area (Å²) >= 11 is 0. The first-order valence-electron chi connectivity index (χ1n) is 14.1. The minimum Gasteiger partial charge on any atom is -0.475 e. The zero-order valence-corrected chi connectivity index (χ0v) is 22.9. The van der Waals surface area contributed by atoms with Crippen LogP contribution in [0.1, 0.15) is 36.0 Å². The molecule has 9 heteroatoms. The highest BCUT2D eigenvalue weighted by Gasteiger charge is 2.32. The number of anilines is 2. The highest BCUT2D eigenvalue weighted by atomic mass is 19.1. The van der Waals surface area contributed by atoms with E-state index in [0.29, 0.717) is 62.0 Å². The van der Waals surface area contributed by atoms with Gasteiger partial charge in [-0.15, -0.1) is 0 Å². The second-order valence-electron chi connectivity index (χ2n) is 11.0. The Morgan fingerprint density at radius 1 is 1.10 bits per heavy atom. The predicted octanol–water partition coefficient (Wildman–Crippen LogP) is 3.97. The number of piperazine rings is 1. The van der Waals surface area contributed by atoms with E-state index >= 15 is 4.39 Å². The van der Waals surface area contributed by atoms with E-state index in [1.54, 1.807) is 6.07 Å². The van der Waals surface area contributed by atoms with Crippen molar-refractivity contribution in [3.05, 3.63) is 58.9 Å². The third-order valence-electron chi connectivity index (χ3n) is 8.60. The Balaban J connectivity index is 1.41. The summed E-state index contributed by atoms with van der Waals surface area (Å²) in [5, 5.41) is 24.6. The molecule has 0 radical (unpaired) electrons. The molecule has 0 unspecified atom stereocenters. The number of hydrogen-bond acceptors (Lipinski definition) is 8. The van der Waals surface area contributed by atoms with Crippen molar-refractivity contribution in [1.82, 2.24) is 15.2 Å². The summed E-state index contributed by atoms with van der Waals surface area (Å²) in [7, 11) is 2.11. The van der Waals surface area contributed by atoms with E-state index in [-0.39, 0.29) is 11.9 Å². The first-order chi connectivity index (χ1) is 19.6. The van der Waals surface area contributed by atoms with E-state index in [1.807, 2.05) is 24.3 Å². The lowest BCUT2D eigenvalue weighted by atomic mass is 9.94. The van der Waals surface area contributed by atoms with Crippen LogP contribution in [-0.4, -0.2) is 68.3 Å². The van der Waals surface area contributed by atoms with Gasteiger partial charge >= 0.3 is 0 Å². The van der Waals surface area contributed by atoms with Gasteiger partial charge in [0.05, 0.1) is 12.5 Å². The van der Waals surface area contributed by atoms with Gasteiger partial charge in [-0.3, -0.25) is 0 Å². The number of hydrogen-bond donors (Lipinski definition) is 1. The van der Waals surface area contributed by atoms with Crippen LogP contribution in [0.3, 0.4) is 0 Å². The fourth-order valence-electron chi connectivity index (χ4n) is 6.44. The molecule has 3 aliphatic rings. The third-order valence-corrected chi connectivity index (χ3v) is 8.60. The molecule has 4 heterocycles. The number of nitrogens with zero attached hydrogens (tertiary/aromatic N) is 6. The van der Waals surface area contributed by atoms with Gasteiger partial charge in [-0.05, 0) is 50.4 Å². The topological polar surface area (TPSA) is 91.5 Å². The maximum atomic E-state index is 15.0. The first-order valence-corrected chi connectivity index (χ1v) is 14.1. The van der Waals surface area contributed by atoms with Crippen LogP contribution in [0, 0.1) is 28.5 Å². The molecule has 2 fully saturated rings. The molecule has 3 aromatic rings. The summed E-state index contributed by atoms with van der Waals surface area (Å²) in [4.78, 5) is 11.7. The lowest BCUT2D eigenvalue weighted by Crippen LogP contribution is -2.51. The van der Waals surface area contributed by atoms with Crippen LogP contribution < -0.4 is 19.9 Å². The summed E-state index contributed by atoms with van der Waals surface area (Å²) < 4.78 is 21.4. The number of pyridine rings is 1. The molecule has 0 aliphatic carbocycles. The number of nitrogens with one attached hydrogen (secondary N) is 1. The van der Waals surface area contributed by atoms with E-state index in [1.165, 1.54) is 6.07 Å². The van der Waals surface area contributed by atoms with Crippen LogP contribution in [-0.2, 0) is 13.0 Å². The van der Waals surface area contributed by atoms with Gasteiger partial charge in [-0.1, -0.05) is 24.3 Å². The van der Waals surface area contributed by atoms with Crippen LogP contribution in [0.4, 0.5) is 15.9 Å². The summed E-state index contributed by atoms with van der Waals surface area (Å²) in [5.41, 5.74) is 3.25. The summed E-state index contributed by atoms with van der Waals surface area (Å²) in [6.07, 6.45) is 3.29. The smallest absolute Gasteiger partial charge is 0.234 e. The van der Waals surface area contributed by atoms with Gasteiger partial charge in [-0.25, -0.2) is 4.39 Å². The minimum absolute atomic E-state index is 0.0575. The van der Waals surface area contributed by atoms with Gasteiger partial charge < -0.3 is 24.8 Å². The fraction of sp³-hybridized carbons (Fsp3) is 0.452. The molecule has 6 rings (SSSR count). The van der Waals surface area contributed by atoms with Crippen molar-refractivity contribution in [3.63, 3.8) is 0 Å².